The number of ether oxygens (including phenoxy) is 2. The Bertz CT molecular complexity index is 1160. The molecule has 0 radical (unpaired) electrons. The molecule has 7 nitrogen and oxygen atoms in total. The van der Waals surface area contributed by atoms with Gasteiger partial charge in [0.1, 0.15) is 23.7 Å². The number of nitrogens with zero attached hydrogens (tertiary/aromatic N) is 2. The van der Waals surface area contributed by atoms with E-state index >= 15 is 0 Å². The van der Waals surface area contributed by atoms with Crippen LogP contribution in [0.5, 0.6) is 5.75 Å². The third-order valence-electron chi connectivity index (χ3n) is 4.67. The van der Waals surface area contributed by atoms with Gasteiger partial charge in [0, 0.05) is 29.8 Å². The van der Waals surface area contributed by atoms with E-state index < -0.39 is 5.82 Å². The average molecular weight is 427 g/mol. The van der Waals surface area contributed by atoms with Gasteiger partial charge in [-0.2, -0.15) is 5.26 Å². The topological polar surface area (TPSA) is 96.3 Å². The van der Waals surface area contributed by atoms with Crippen molar-refractivity contribution >= 4 is 46.0 Å². The standard InChI is InChI=1S/C21H16ClFN4O3/c22-16-5-13(1-2-17(16)23)27-21-12(8-24)9-25-18-7-20(30-14-3-4-29-10-14)19(26-11-28)6-15(18)21/h1-2,5-7,9,11,14H,3-4,10H2,(H,25,27)(H,26,28)/t14-/m0/s1. The third kappa shape index (κ3) is 3.99. The van der Waals surface area contributed by atoms with E-state index in [9.17, 15) is 14.4 Å². The summed E-state index contributed by atoms with van der Waals surface area (Å²) in [5, 5.41) is 15.8. The number of fused-ring (bicyclic) bond motifs is 1. The van der Waals surface area contributed by atoms with Crippen molar-refractivity contribution in [3.05, 3.63) is 52.9 Å². The number of carbonyl (C=O) groups excluding carboxylic acids is 1. The van der Waals surface area contributed by atoms with Crippen LogP contribution < -0.4 is 15.4 Å². The highest BCUT2D eigenvalue weighted by molar-refractivity contribution is 6.31. The number of hydrogen-bond donors (Lipinski definition) is 2. The van der Waals surface area contributed by atoms with E-state index in [1.807, 2.05) is 0 Å². The van der Waals surface area contributed by atoms with Crippen molar-refractivity contribution in [2.24, 2.45) is 0 Å². The maximum atomic E-state index is 13.5. The summed E-state index contributed by atoms with van der Waals surface area (Å²) in [7, 11) is 0. The summed E-state index contributed by atoms with van der Waals surface area (Å²) >= 11 is 5.87. The van der Waals surface area contributed by atoms with Crippen molar-refractivity contribution in [1.29, 1.82) is 5.26 Å². The number of anilines is 3. The van der Waals surface area contributed by atoms with Crippen LogP contribution in [0.3, 0.4) is 0 Å². The number of halogens is 2. The second kappa shape index (κ2) is 8.53. The van der Waals surface area contributed by atoms with Gasteiger partial charge in [-0.15, -0.1) is 0 Å². The van der Waals surface area contributed by atoms with Crippen LogP contribution in [0.15, 0.2) is 36.5 Å². The summed E-state index contributed by atoms with van der Waals surface area (Å²) in [5.41, 5.74) is 2.21. The molecule has 1 saturated heterocycles. The number of aromatic nitrogens is 1. The highest BCUT2D eigenvalue weighted by atomic mass is 35.5. The first-order valence-electron chi connectivity index (χ1n) is 9.12. The molecule has 1 aromatic heterocycles. The van der Waals surface area contributed by atoms with Gasteiger partial charge in [0.25, 0.3) is 0 Å². The lowest BCUT2D eigenvalue weighted by atomic mass is 10.1. The second-order valence-corrected chi connectivity index (χ2v) is 7.05. The Morgan fingerprint density at radius 2 is 2.23 bits per heavy atom. The molecule has 1 aliphatic rings. The number of amides is 1. The molecular weight excluding hydrogens is 411 g/mol. The molecule has 0 bridgehead atoms. The zero-order valence-electron chi connectivity index (χ0n) is 15.6. The van der Waals surface area contributed by atoms with Crippen molar-refractivity contribution in [1.82, 2.24) is 4.98 Å². The molecule has 3 aromatic rings. The molecule has 0 unspecified atom stereocenters. The van der Waals surface area contributed by atoms with Crippen molar-refractivity contribution < 1.29 is 18.7 Å². The fraction of sp³-hybridized carbons (Fsp3) is 0.190. The van der Waals surface area contributed by atoms with Gasteiger partial charge < -0.3 is 20.1 Å². The van der Waals surface area contributed by atoms with E-state index in [2.05, 4.69) is 21.7 Å². The zero-order chi connectivity index (χ0) is 21.1. The van der Waals surface area contributed by atoms with Gasteiger partial charge in [-0.25, -0.2) is 4.39 Å². The van der Waals surface area contributed by atoms with E-state index in [1.54, 1.807) is 12.1 Å². The molecule has 4 rings (SSSR count). The number of benzene rings is 2. The molecule has 1 amide bonds. The van der Waals surface area contributed by atoms with Crippen LogP contribution in [0.4, 0.5) is 21.5 Å². The Morgan fingerprint density at radius 3 is 2.93 bits per heavy atom. The van der Waals surface area contributed by atoms with Gasteiger partial charge >= 0.3 is 0 Å². The lowest BCUT2D eigenvalue weighted by Crippen LogP contribution is -2.16. The molecule has 0 spiro atoms. The van der Waals surface area contributed by atoms with Crippen molar-refractivity contribution in [2.75, 3.05) is 23.8 Å². The Morgan fingerprint density at radius 1 is 1.37 bits per heavy atom. The number of carbonyl (C=O) groups is 1. The molecule has 1 atom stereocenters. The maximum Gasteiger partial charge on any atom is 0.211 e. The highest BCUT2D eigenvalue weighted by Crippen LogP contribution is 2.37. The minimum absolute atomic E-state index is 0.0466. The van der Waals surface area contributed by atoms with Crippen LogP contribution in [-0.2, 0) is 9.53 Å². The van der Waals surface area contributed by atoms with E-state index in [0.717, 1.165) is 6.42 Å². The van der Waals surface area contributed by atoms with Gasteiger partial charge in [0.15, 0.2) is 0 Å². The molecule has 0 saturated carbocycles. The van der Waals surface area contributed by atoms with Gasteiger partial charge in [0.05, 0.1) is 40.7 Å². The normalized spacial score (nSPS) is 15.6. The Labute approximate surface area is 176 Å². The Hall–Kier alpha value is -3.41. The van der Waals surface area contributed by atoms with E-state index in [1.165, 1.54) is 24.4 Å². The first-order valence-corrected chi connectivity index (χ1v) is 9.50. The molecule has 1 aliphatic heterocycles. The summed E-state index contributed by atoms with van der Waals surface area (Å²) in [5.74, 6) is -0.0875. The minimum atomic E-state index is -0.544. The molecule has 9 heteroatoms. The van der Waals surface area contributed by atoms with Crippen LogP contribution >= 0.6 is 11.6 Å². The smallest absolute Gasteiger partial charge is 0.211 e. The predicted molar refractivity (Wildman–Crippen MR) is 111 cm³/mol. The fourth-order valence-corrected chi connectivity index (χ4v) is 3.40. The van der Waals surface area contributed by atoms with E-state index in [0.29, 0.717) is 53.3 Å². The molecule has 2 N–H and O–H groups in total. The summed E-state index contributed by atoms with van der Waals surface area (Å²) in [6.07, 6.45) is 2.61. The molecule has 1 fully saturated rings. The minimum Gasteiger partial charge on any atom is -0.486 e. The largest absolute Gasteiger partial charge is 0.486 e. The molecule has 152 valence electrons. The predicted octanol–water partition coefficient (Wildman–Crippen LogP) is 4.38. The van der Waals surface area contributed by atoms with Gasteiger partial charge in [-0.1, -0.05) is 11.6 Å². The lowest BCUT2D eigenvalue weighted by Gasteiger charge is -2.18. The quantitative estimate of drug-likeness (QED) is 0.568. The number of nitriles is 1. The van der Waals surface area contributed by atoms with Gasteiger partial charge in [-0.05, 0) is 24.3 Å². The summed E-state index contributed by atoms with van der Waals surface area (Å²) in [6.45, 7) is 1.09. The fourth-order valence-electron chi connectivity index (χ4n) is 3.22. The first kappa shape index (κ1) is 19.9. The lowest BCUT2D eigenvalue weighted by molar-refractivity contribution is -0.105. The molecule has 0 aliphatic carbocycles. The van der Waals surface area contributed by atoms with Crippen molar-refractivity contribution in [3.63, 3.8) is 0 Å². The van der Waals surface area contributed by atoms with E-state index in [4.69, 9.17) is 21.1 Å². The summed E-state index contributed by atoms with van der Waals surface area (Å²) in [4.78, 5) is 15.5. The van der Waals surface area contributed by atoms with Crippen LogP contribution in [-0.4, -0.2) is 30.7 Å². The third-order valence-corrected chi connectivity index (χ3v) is 4.96. The van der Waals surface area contributed by atoms with Gasteiger partial charge in [-0.3, -0.25) is 9.78 Å². The Kier molecular flexibility index (Phi) is 5.65. The summed E-state index contributed by atoms with van der Waals surface area (Å²) < 4.78 is 24.8. The molecular formula is C21H16ClFN4O3. The Balaban J connectivity index is 1.81. The molecule has 2 aromatic carbocycles. The molecule has 30 heavy (non-hydrogen) atoms. The van der Waals surface area contributed by atoms with E-state index in [-0.39, 0.29) is 16.7 Å². The van der Waals surface area contributed by atoms with Crippen molar-refractivity contribution in [2.45, 2.75) is 12.5 Å². The van der Waals surface area contributed by atoms with Crippen LogP contribution in [0.1, 0.15) is 12.0 Å². The SMILES string of the molecule is N#Cc1cnc2cc(O[C@H]3CCOC3)c(NC=O)cc2c1Nc1ccc(F)c(Cl)c1. The number of rotatable bonds is 6. The number of nitrogens with one attached hydrogen (secondary N) is 2. The molecule has 2 heterocycles. The van der Waals surface area contributed by atoms with Gasteiger partial charge in [0.2, 0.25) is 6.41 Å². The van der Waals surface area contributed by atoms with Crippen LogP contribution in [0, 0.1) is 17.1 Å². The van der Waals surface area contributed by atoms with Crippen LogP contribution in [0.25, 0.3) is 10.9 Å². The van der Waals surface area contributed by atoms with Crippen LogP contribution in [0.2, 0.25) is 5.02 Å². The first-order chi connectivity index (χ1) is 14.6. The zero-order valence-corrected chi connectivity index (χ0v) is 16.4. The number of pyridine rings is 1. The summed E-state index contributed by atoms with van der Waals surface area (Å²) in [6, 6.07) is 9.63. The maximum absolute atomic E-state index is 13.5. The average Bonchev–Trinajstić information content (AvgIpc) is 3.25. The highest BCUT2D eigenvalue weighted by Gasteiger charge is 2.20. The monoisotopic (exact) mass is 426 g/mol. The number of hydrogen-bond acceptors (Lipinski definition) is 6. The second-order valence-electron chi connectivity index (χ2n) is 6.64. The van der Waals surface area contributed by atoms with Crippen molar-refractivity contribution in [3.8, 4) is 11.8 Å².